The van der Waals surface area contributed by atoms with Gasteiger partial charge < -0.3 is 4.90 Å². The molecule has 0 spiro atoms. The highest BCUT2D eigenvalue weighted by Gasteiger charge is 2.27. The highest BCUT2D eigenvalue weighted by atomic mass is 15.2. The van der Waals surface area contributed by atoms with Gasteiger partial charge in [0.15, 0.2) is 0 Å². The Kier molecular flexibility index (Phi) is 5.58. The Labute approximate surface area is 122 Å². The third-order valence-electron chi connectivity index (χ3n) is 4.54. The number of nitriles is 1. The lowest BCUT2D eigenvalue weighted by atomic mass is 9.97. The predicted molar refractivity (Wildman–Crippen MR) is 82.3 cm³/mol. The van der Waals surface area contributed by atoms with Gasteiger partial charge in [-0.05, 0) is 45.1 Å². The minimum absolute atomic E-state index is 0.222. The van der Waals surface area contributed by atoms with Gasteiger partial charge in [-0.15, -0.1) is 0 Å². The number of hydrogen-bond acceptors (Lipinski definition) is 3. The van der Waals surface area contributed by atoms with Gasteiger partial charge in [0.2, 0.25) is 0 Å². The lowest BCUT2D eigenvalue weighted by Crippen LogP contribution is -2.44. The first-order chi connectivity index (χ1) is 9.76. The Hall–Kier alpha value is -1.37. The summed E-state index contributed by atoms with van der Waals surface area (Å²) in [5.41, 5.74) is 1.26. The fraction of sp³-hybridized carbons (Fsp3) is 0.588. The molecule has 1 aliphatic rings. The first-order valence-corrected chi connectivity index (χ1v) is 7.62. The van der Waals surface area contributed by atoms with E-state index in [1.807, 2.05) is 6.07 Å². The minimum Gasteiger partial charge on any atom is -0.303 e. The summed E-state index contributed by atoms with van der Waals surface area (Å²) >= 11 is 0. The van der Waals surface area contributed by atoms with E-state index in [1.54, 1.807) is 0 Å². The van der Waals surface area contributed by atoms with Crippen LogP contribution in [0.5, 0.6) is 0 Å². The SMILES string of the molecule is CCN1CCC(N(C)C(CC#N)c2ccccc2)CC1. The van der Waals surface area contributed by atoms with Crippen LogP contribution in [0.15, 0.2) is 30.3 Å². The molecule has 108 valence electrons. The molecule has 0 aromatic heterocycles. The molecule has 1 aromatic carbocycles. The van der Waals surface area contributed by atoms with E-state index < -0.39 is 0 Å². The molecule has 0 amide bonds. The van der Waals surface area contributed by atoms with Crippen molar-refractivity contribution in [2.45, 2.75) is 38.3 Å². The summed E-state index contributed by atoms with van der Waals surface area (Å²) in [5, 5.41) is 9.14. The second-order valence-corrected chi connectivity index (χ2v) is 5.62. The van der Waals surface area contributed by atoms with Gasteiger partial charge in [0.1, 0.15) is 0 Å². The van der Waals surface area contributed by atoms with E-state index in [4.69, 9.17) is 5.26 Å². The number of nitrogens with zero attached hydrogens (tertiary/aromatic N) is 3. The van der Waals surface area contributed by atoms with Crippen molar-refractivity contribution in [1.82, 2.24) is 9.80 Å². The molecule has 3 heteroatoms. The molecule has 3 nitrogen and oxygen atoms in total. The van der Waals surface area contributed by atoms with E-state index in [-0.39, 0.29) is 6.04 Å². The topological polar surface area (TPSA) is 30.3 Å². The van der Waals surface area contributed by atoms with Crippen LogP contribution < -0.4 is 0 Å². The van der Waals surface area contributed by atoms with Gasteiger partial charge >= 0.3 is 0 Å². The summed E-state index contributed by atoms with van der Waals surface area (Å²) in [6.45, 7) is 5.74. The predicted octanol–water partition coefficient (Wildman–Crippen LogP) is 3.06. The van der Waals surface area contributed by atoms with Crippen LogP contribution >= 0.6 is 0 Å². The molecule has 0 N–H and O–H groups in total. The van der Waals surface area contributed by atoms with Gasteiger partial charge in [0.05, 0.1) is 12.5 Å². The summed E-state index contributed by atoms with van der Waals surface area (Å²) in [6.07, 6.45) is 2.98. The Morgan fingerprint density at radius 3 is 2.50 bits per heavy atom. The second kappa shape index (κ2) is 7.42. The van der Waals surface area contributed by atoms with Crippen LogP contribution in [-0.4, -0.2) is 42.5 Å². The van der Waals surface area contributed by atoms with Gasteiger partial charge in [-0.1, -0.05) is 37.3 Å². The van der Waals surface area contributed by atoms with Crippen molar-refractivity contribution < 1.29 is 0 Å². The first-order valence-electron chi connectivity index (χ1n) is 7.62. The Morgan fingerprint density at radius 2 is 1.95 bits per heavy atom. The second-order valence-electron chi connectivity index (χ2n) is 5.62. The van der Waals surface area contributed by atoms with Gasteiger partial charge in [-0.2, -0.15) is 5.26 Å². The number of piperidine rings is 1. The summed E-state index contributed by atoms with van der Waals surface area (Å²) in [6, 6.07) is 13.6. The van der Waals surface area contributed by atoms with Gasteiger partial charge in [0, 0.05) is 12.1 Å². The van der Waals surface area contributed by atoms with Crippen LogP contribution in [0.3, 0.4) is 0 Å². The maximum Gasteiger partial charge on any atom is 0.0641 e. The van der Waals surface area contributed by atoms with Crippen molar-refractivity contribution in [3.63, 3.8) is 0 Å². The molecule has 0 radical (unpaired) electrons. The highest BCUT2D eigenvalue weighted by molar-refractivity contribution is 5.20. The molecular weight excluding hydrogens is 246 g/mol. The van der Waals surface area contributed by atoms with Crippen molar-refractivity contribution in [2.24, 2.45) is 0 Å². The molecule has 0 aliphatic carbocycles. The normalized spacial score (nSPS) is 18.9. The smallest absolute Gasteiger partial charge is 0.0641 e. The molecule has 1 unspecified atom stereocenters. The van der Waals surface area contributed by atoms with Crippen molar-refractivity contribution >= 4 is 0 Å². The minimum atomic E-state index is 0.222. The largest absolute Gasteiger partial charge is 0.303 e. The summed E-state index contributed by atoms with van der Waals surface area (Å²) in [5.74, 6) is 0. The van der Waals surface area contributed by atoms with E-state index in [2.05, 4.69) is 54.1 Å². The molecule has 1 aliphatic heterocycles. The van der Waals surface area contributed by atoms with E-state index in [0.29, 0.717) is 12.5 Å². The molecule has 2 rings (SSSR count). The molecule has 1 atom stereocenters. The number of benzene rings is 1. The zero-order valence-corrected chi connectivity index (χ0v) is 12.6. The van der Waals surface area contributed by atoms with Crippen LogP contribution in [0.1, 0.15) is 37.8 Å². The van der Waals surface area contributed by atoms with Crippen molar-refractivity contribution in [1.29, 1.82) is 5.26 Å². The molecule has 0 saturated carbocycles. The summed E-state index contributed by atoms with van der Waals surface area (Å²) < 4.78 is 0. The lowest BCUT2D eigenvalue weighted by Gasteiger charge is -2.39. The molecule has 20 heavy (non-hydrogen) atoms. The number of likely N-dealkylation sites (tertiary alicyclic amines) is 1. The van der Waals surface area contributed by atoms with Crippen molar-refractivity contribution in [3.05, 3.63) is 35.9 Å². The average Bonchev–Trinajstić information content (AvgIpc) is 2.53. The van der Waals surface area contributed by atoms with Gasteiger partial charge in [0.25, 0.3) is 0 Å². The molecule has 1 fully saturated rings. The Balaban J connectivity index is 2.05. The van der Waals surface area contributed by atoms with Gasteiger partial charge in [-0.3, -0.25) is 4.90 Å². The highest BCUT2D eigenvalue weighted by Crippen LogP contribution is 2.28. The Morgan fingerprint density at radius 1 is 1.30 bits per heavy atom. The number of hydrogen-bond donors (Lipinski definition) is 0. The van der Waals surface area contributed by atoms with Crippen LogP contribution in [0, 0.1) is 11.3 Å². The summed E-state index contributed by atoms with van der Waals surface area (Å²) in [4.78, 5) is 4.93. The molecule has 0 bridgehead atoms. The van der Waals surface area contributed by atoms with Crippen LogP contribution in [0.2, 0.25) is 0 Å². The van der Waals surface area contributed by atoms with Crippen LogP contribution in [-0.2, 0) is 0 Å². The zero-order chi connectivity index (χ0) is 14.4. The van der Waals surface area contributed by atoms with Gasteiger partial charge in [-0.25, -0.2) is 0 Å². The van der Waals surface area contributed by atoms with E-state index in [9.17, 15) is 0 Å². The van der Waals surface area contributed by atoms with E-state index in [1.165, 1.54) is 31.5 Å². The average molecular weight is 271 g/mol. The van der Waals surface area contributed by atoms with Crippen LogP contribution in [0.4, 0.5) is 0 Å². The maximum atomic E-state index is 9.14. The summed E-state index contributed by atoms with van der Waals surface area (Å²) in [7, 11) is 2.18. The van der Waals surface area contributed by atoms with Crippen molar-refractivity contribution in [3.8, 4) is 6.07 Å². The zero-order valence-electron chi connectivity index (χ0n) is 12.6. The maximum absolute atomic E-state index is 9.14. The molecule has 1 heterocycles. The van der Waals surface area contributed by atoms with Crippen molar-refractivity contribution in [2.75, 3.05) is 26.7 Å². The molecular formula is C17H25N3. The fourth-order valence-electron chi connectivity index (χ4n) is 3.16. The van der Waals surface area contributed by atoms with E-state index in [0.717, 1.165) is 6.54 Å². The van der Waals surface area contributed by atoms with E-state index >= 15 is 0 Å². The fourth-order valence-corrected chi connectivity index (χ4v) is 3.16. The third kappa shape index (κ3) is 3.59. The standard InChI is InChI=1S/C17H25N3/c1-3-20-13-10-16(11-14-20)19(2)17(9-12-18)15-7-5-4-6-8-15/h4-8,16-17H,3,9-11,13-14H2,1-2H3. The third-order valence-corrected chi connectivity index (χ3v) is 4.54. The number of rotatable bonds is 5. The first kappa shape index (κ1) is 15.0. The Bertz CT molecular complexity index is 429. The van der Waals surface area contributed by atoms with Crippen LogP contribution in [0.25, 0.3) is 0 Å². The molecule has 1 aromatic rings. The quantitative estimate of drug-likeness (QED) is 0.824. The monoisotopic (exact) mass is 271 g/mol. The molecule has 1 saturated heterocycles. The lowest BCUT2D eigenvalue weighted by molar-refractivity contribution is 0.0994.